The fourth-order valence-corrected chi connectivity index (χ4v) is 1.54. The van der Waals surface area contributed by atoms with Crippen LogP contribution in [0.2, 0.25) is 0 Å². The van der Waals surface area contributed by atoms with Crippen molar-refractivity contribution in [3.63, 3.8) is 0 Å². The summed E-state index contributed by atoms with van der Waals surface area (Å²) in [6.45, 7) is 12.4. The molecular weight excluding hydrogens is 250 g/mol. The zero-order valence-electron chi connectivity index (χ0n) is 13.3. The average Bonchev–Trinajstić information content (AvgIpc) is 2.33. The van der Waals surface area contributed by atoms with E-state index in [4.69, 9.17) is 0 Å². The van der Waals surface area contributed by atoms with Gasteiger partial charge in [-0.2, -0.15) is 5.10 Å². The monoisotopic (exact) mass is 275 g/mol. The summed E-state index contributed by atoms with van der Waals surface area (Å²) < 4.78 is 0. The first-order chi connectivity index (χ1) is 9.20. The molecule has 0 radical (unpaired) electrons. The standard InChI is InChI=1S/C16H25N3O/c1-11-7-8-14(12(2)9-11)17-10-15(20)19-18-13(3)16(4,5)6/h7-9,17H,10H2,1-6H3,(H,19,20)/b18-13-. The number of carbonyl (C=O) groups excluding carboxylic acids is 1. The van der Waals surface area contributed by atoms with Crippen LogP contribution in [0.1, 0.15) is 38.8 Å². The molecule has 1 amide bonds. The van der Waals surface area contributed by atoms with Gasteiger partial charge >= 0.3 is 0 Å². The normalized spacial score (nSPS) is 12.2. The number of anilines is 1. The van der Waals surface area contributed by atoms with Crippen molar-refractivity contribution in [3.05, 3.63) is 29.3 Å². The number of amides is 1. The second-order valence-corrected chi connectivity index (χ2v) is 6.15. The maximum Gasteiger partial charge on any atom is 0.259 e. The van der Waals surface area contributed by atoms with Gasteiger partial charge in [0.2, 0.25) is 0 Å². The first kappa shape index (κ1) is 16.2. The molecule has 0 aliphatic heterocycles. The van der Waals surface area contributed by atoms with E-state index in [1.165, 1.54) is 5.56 Å². The first-order valence-corrected chi connectivity index (χ1v) is 6.85. The molecule has 0 heterocycles. The number of hydrazone groups is 1. The summed E-state index contributed by atoms with van der Waals surface area (Å²) in [7, 11) is 0. The molecule has 0 aromatic heterocycles. The fourth-order valence-electron chi connectivity index (χ4n) is 1.54. The number of carbonyl (C=O) groups is 1. The van der Waals surface area contributed by atoms with Gasteiger partial charge < -0.3 is 5.32 Å². The largest absolute Gasteiger partial charge is 0.376 e. The predicted octanol–water partition coefficient (Wildman–Crippen LogP) is 3.25. The lowest BCUT2D eigenvalue weighted by molar-refractivity contribution is -0.119. The lowest BCUT2D eigenvalue weighted by Gasteiger charge is -2.17. The van der Waals surface area contributed by atoms with Gasteiger partial charge in [0.15, 0.2) is 0 Å². The highest BCUT2D eigenvalue weighted by Gasteiger charge is 2.14. The number of rotatable bonds is 4. The quantitative estimate of drug-likeness (QED) is 0.654. The maximum absolute atomic E-state index is 11.7. The van der Waals surface area contributed by atoms with E-state index in [0.29, 0.717) is 0 Å². The van der Waals surface area contributed by atoms with Gasteiger partial charge in [-0.1, -0.05) is 38.5 Å². The molecule has 110 valence electrons. The van der Waals surface area contributed by atoms with Crippen LogP contribution in [0, 0.1) is 19.3 Å². The van der Waals surface area contributed by atoms with E-state index in [2.05, 4.69) is 42.7 Å². The number of aryl methyl sites for hydroxylation is 2. The van der Waals surface area contributed by atoms with E-state index in [-0.39, 0.29) is 17.9 Å². The number of benzene rings is 1. The lowest BCUT2D eigenvalue weighted by Crippen LogP contribution is -2.29. The molecule has 1 aromatic rings. The van der Waals surface area contributed by atoms with Gasteiger partial charge in [-0.25, -0.2) is 5.43 Å². The zero-order valence-corrected chi connectivity index (χ0v) is 13.3. The number of nitrogens with one attached hydrogen (secondary N) is 2. The van der Waals surface area contributed by atoms with Crippen LogP contribution in [0.5, 0.6) is 0 Å². The van der Waals surface area contributed by atoms with E-state index < -0.39 is 0 Å². The van der Waals surface area contributed by atoms with E-state index >= 15 is 0 Å². The third-order valence-electron chi connectivity index (χ3n) is 3.26. The molecule has 1 rings (SSSR count). The van der Waals surface area contributed by atoms with Gasteiger partial charge in [0.25, 0.3) is 5.91 Å². The summed E-state index contributed by atoms with van der Waals surface area (Å²) in [5.41, 5.74) is 6.76. The minimum Gasteiger partial charge on any atom is -0.376 e. The smallest absolute Gasteiger partial charge is 0.259 e. The summed E-state index contributed by atoms with van der Waals surface area (Å²) >= 11 is 0. The van der Waals surface area contributed by atoms with Gasteiger partial charge in [-0.3, -0.25) is 4.79 Å². The maximum atomic E-state index is 11.7. The molecule has 4 heteroatoms. The third-order valence-corrected chi connectivity index (χ3v) is 3.26. The van der Waals surface area contributed by atoms with Crippen LogP contribution in [0.15, 0.2) is 23.3 Å². The molecule has 0 saturated carbocycles. The molecule has 0 aliphatic rings. The Morgan fingerprint density at radius 1 is 1.25 bits per heavy atom. The zero-order chi connectivity index (χ0) is 15.3. The molecule has 0 unspecified atom stereocenters. The molecule has 0 bridgehead atoms. The SMILES string of the molecule is C/C(=N/NC(=O)CNc1ccc(C)cc1C)C(C)(C)C. The first-order valence-electron chi connectivity index (χ1n) is 6.85. The third kappa shape index (κ3) is 5.03. The summed E-state index contributed by atoms with van der Waals surface area (Å²) in [5, 5.41) is 7.24. The lowest BCUT2D eigenvalue weighted by atomic mass is 9.91. The molecule has 1 aromatic carbocycles. The van der Waals surface area contributed by atoms with Gasteiger partial charge in [0.1, 0.15) is 0 Å². The van der Waals surface area contributed by atoms with E-state index in [0.717, 1.165) is 17.0 Å². The van der Waals surface area contributed by atoms with E-state index in [1.54, 1.807) is 0 Å². The minimum atomic E-state index is -0.145. The van der Waals surface area contributed by atoms with Crippen molar-refractivity contribution in [2.24, 2.45) is 10.5 Å². The van der Waals surface area contributed by atoms with Crippen molar-refractivity contribution in [2.75, 3.05) is 11.9 Å². The Bertz CT molecular complexity index is 513. The average molecular weight is 275 g/mol. The minimum absolute atomic E-state index is 0.0335. The van der Waals surface area contributed by atoms with Crippen molar-refractivity contribution in [2.45, 2.75) is 41.5 Å². The highest BCUT2D eigenvalue weighted by molar-refractivity contribution is 5.89. The predicted molar refractivity (Wildman–Crippen MR) is 85.1 cm³/mol. The Morgan fingerprint density at radius 2 is 1.90 bits per heavy atom. The molecule has 0 aliphatic carbocycles. The van der Waals surface area contributed by atoms with Crippen LogP contribution in [0.4, 0.5) is 5.69 Å². The van der Waals surface area contributed by atoms with Crippen LogP contribution in [0.3, 0.4) is 0 Å². The van der Waals surface area contributed by atoms with E-state index in [9.17, 15) is 4.79 Å². The molecule has 0 spiro atoms. The van der Waals surface area contributed by atoms with Crippen molar-refractivity contribution in [1.82, 2.24) is 5.43 Å². The van der Waals surface area contributed by atoms with Crippen molar-refractivity contribution >= 4 is 17.3 Å². The molecule has 0 atom stereocenters. The Kier molecular flexibility index (Phi) is 5.31. The van der Waals surface area contributed by atoms with Crippen molar-refractivity contribution in [1.29, 1.82) is 0 Å². The van der Waals surface area contributed by atoms with Crippen LogP contribution >= 0.6 is 0 Å². The van der Waals surface area contributed by atoms with E-state index in [1.807, 2.05) is 32.9 Å². The molecule has 4 nitrogen and oxygen atoms in total. The Morgan fingerprint density at radius 3 is 2.45 bits per heavy atom. The summed E-state index contributed by atoms with van der Waals surface area (Å²) in [6.07, 6.45) is 0. The number of nitrogens with zero attached hydrogens (tertiary/aromatic N) is 1. The Balaban J connectivity index is 2.52. The van der Waals surface area contributed by atoms with Crippen LogP contribution < -0.4 is 10.7 Å². The fraction of sp³-hybridized carbons (Fsp3) is 0.500. The summed E-state index contributed by atoms with van der Waals surface area (Å²) in [4.78, 5) is 11.7. The Labute approximate surface area is 121 Å². The molecule has 20 heavy (non-hydrogen) atoms. The number of hydrogen-bond acceptors (Lipinski definition) is 3. The number of hydrogen-bond donors (Lipinski definition) is 2. The molecule has 0 fully saturated rings. The van der Waals surface area contributed by atoms with Crippen molar-refractivity contribution in [3.8, 4) is 0 Å². The van der Waals surface area contributed by atoms with Crippen LogP contribution in [-0.2, 0) is 4.79 Å². The van der Waals surface area contributed by atoms with Crippen LogP contribution in [-0.4, -0.2) is 18.2 Å². The summed E-state index contributed by atoms with van der Waals surface area (Å²) in [6, 6.07) is 6.10. The molecule has 0 saturated heterocycles. The molecule has 2 N–H and O–H groups in total. The Hall–Kier alpha value is -1.84. The van der Waals surface area contributed by atoms with Gasteiger partial charge in [-0.15, -0.1) is 0 Å². The van der Waals surface area contributed by atoms with Gasteiger partial charge in [-0.05, 0) is 32.4 Å². The molecular formula is C16H25N3O. The van der Waals surface area contributed by atoms with Crippen LogP contribution in [0.25, 0.3) is 0 Å². The van der Waals surface area contributed by atoms with Gasteiger partial charge in [0, 0.05) is 16.8 Å². The summed E-state index contributed by atoms with van der Waals surface area (Å²) in [5.74, 6) is -0.145. The van der Waals surface area contributed by atoms with Crippen molar-refractivity contribution < 1.29 is 4.79 Å². The van der Waals surface area contributed by atoms with Gasteiger partial charge in [0.05, 0.1) is 6.54 Å². The highest BCUT2D eigenvalue weighted by Crippen LogP contribution is 2.16. The highest BCUT2D eigenvalue weighted by atomic mass is 16.2. The second-order valence-electron chi connectivity index (χ2n) is 6.15. The topological polar surface area (TPSA) is 53.5 Å². The second kappa shape index (κ2) is 6.55.